The number of carbonyl (C=O) groups excluding carboxylic acids is 2. The first-order valence-electron chi connectivity index (χ1n) is 11.9. The molecule has 2 amide bonds. The second kappa shape index (κ2) is 13.2. The molecule has 1 aliphatic carbocycles. The van der Waals surface area contributed by atoms with Crippen LogP contribution in [-0.4, -0.2) is 59.1 Å². The van der Waals surface area contributed by atoms with Crippen molar-refractivity contribution in [3.63, 3.8) is 0 Å². The molecule has 4 unspecified atom stereocenters. The van der Waals surface area contributed by atoms with Crippen LogP contribution in [0.3, 0.4) is 0 Å². The third-order valence-electron chi connectivity index (χ3n) is 6.54. The van der Waals surface area contributed by atoms with Gasteiger partial charge in [-0.1, -0.05) is 33.6 Å². The predicted octanol–water partition coefficient (Wildman–Crippen LogP) is 4.42. The normalized spacial score (nSPS) is 30.0. The summed E-state index contributed by atoms with van der Waals surface area (Å²) in [7, 11) is 0. The lowest BCUT2D eigenvalue weighted by Gasteiger charge is -2.37. The molecule has 0 aromatic heterocycles. The van der Waals surface area contributed by atoms with E-state index in [9.17, 15) is 14.4 Å². The van der Waals surface area contributed by atoms with E-state index in [1.54, 1.807) is 18.7 Å². The molecular weight excluding hydrogens is 432 g/mol. The highest BCUT2D eigenvalue weighted by molar-refractivity contribution is 8.00. The number of nitrogens with one attached hydrogen (secondary N) is 2. The van der Waals surface area contributed by atoms with Crippen LogP contribution in [0.1, 0.15) is 72.6 Å². The van der Waals surface area contributed by atoms with Crippen LogP contribution in [0.15, 0.2) is 0 Å². The number of rotatable bonds is 10. The van der Waals surface area contributed by atoms with Gasteiger partial charge in [0, 0.05) is 17.4 Å². The Morgan fingerprint density at radius 1 is 1.12 bits per heavy atom. The van der Waals surface area contributed by atoms with Crippen molar-refractivity contribution in [3.05, 3.63) is 0 Å². The third kappa shape index (κ3) is 8.37. The molecule has 2 rings (SSSR count). The minimum atomic E-state index is -0.802. The number of ether oxygens (including phenoxy) is 2. The number of carbonyl (C=O) groups is 3. The molecule has 2 aliphatic rings. The van der Waals surface area contributed by atoms with Gasteiger partial charge < -0.3 is 25.2 Å². The number of hydrogen-bond acceptors (Lipinski definition) is 6. The zero-order chi connectivity index (χ0) is 23.7. The molecular formula is C23H40N2O6S. The van der Waals surface area contributed by atoms with Gasteiger partial charge in [0.25, 0.3) is 0 Å². The molecule has 0 radical (unpaired) electrons. The Balaban J connectivity index is 1.96. The quantitative estimate of drug-likeness (QED) is 0.403. The number of carboxylic acid groups (broad SMARTS) is 1. The van der Waals surface area contributed by atoms with Gasteiger partial charge in [-0.3, -0.25) is 4.79 Å². The molecule has 1 saturated carbocycles. The van der Waals surface area contributed by atoms with Gasteiger partial charge >= 0.3 is 18.2 Å². The molecule has 1 saturated heterocycles. The lowest BCUT2D eigenvalue weighted by Crippen LogP contribution is -2.54. The fourth-order valence-electron chi connectivity index (χ4n) is 4.79. The molecule has 8 nitrogen and oxygen atoms in total. The summed E-state index contributed by atoms with van der Waals surface area (Å²) in [5.41, 5.74) is 0. The molecule has 6 atom stereocenters. The van der Waals surface area contributed by atoms with Crippen molar-refractivity contribution < 1.29 is 29.0 Å². The number of unbranched alkanes of at least 4 members (excludes halogenated alkanes) is 1. The van der Waals surface area contributed by atoms with Crippen molar-refractivity contribution in [2.75, 3.05) is 12.4 Å². The number of carboxylic acids is 1. The van der Waals surface area contributed by atoms with E-state index in [0.29, 0.717) is 29.9 Å². The van der Waals surface area contributed by atoms with Gasteiger partial charge in [-0.25, -0.2) is 9.59 Å². The van der Waals surface area contributed by atoms with Crippen molar-refractivity contribution in [2.45, 2.75) is 96.1 Å². The van der Waals surface area contributed by atoms with Gasteiger partial charge in [0.15, 0.2) is 0 Å². The molecule has 0 bridgehead atoms. The van der Waals surface area contributed by atoms with Crippen molar-refractivity contribution in [1.29, 1.82) is 0 Å². The van der Waals surface area contributed by atoms with E-state index >= 15 is 0 Å². The van der Waals surface area contributed by atoms with Crippen molar-refractivity contribution in [2.24, 2.45) is 17.8 Å². The van der Waals surface area contributed by atoms with Gasteiger partial charge in [-0.05, 0) is 50.4 Å². The highest BCUT2D eigenvalue weighted by atomic mass is 32.2. The van der Waals surface area contributed by atoms with E-state index in [4.69, 9.17) is 14.6 Å². The average molecular weight is 473 g/mol. The van der Waals surface area contributed by atoms with Crippen LogP contribution in [0.4, 0.5) is 9.59 Å². The molecule has 32 heavy (non-hydrogen) atoms. The van der Waals surface area contributed by atoms with Crippen molar-refractivity contribution >= 4 is 29.9 Å². The maximum atomic E-state index is 12.8. The fraction of sp³-hybridized carbons (Fsp3) is 0.870. The monoisotopic (exact) mass is 472 g/mol. The smallest absolute Gasteiger partial charge is 0.407 e. The first-order chi connectivity index (χ1) is 15.2. The van der Waals surface area contributed by atoms with Gasteiger partial charge in [0.05, 0.1) is 18.7 Å². The zero-order valence-corrected chi connectivity index (χ0v) is 20.6. The molecule has 184 valence electrons. The highest BCUT2D eigenvalue weighted by Gasteiger charge is 2.40. The maximum Gasteiger partial charge on any atom is 0.407 e. The Morgan fingerprint density at radius 2 is 1.88 bits per heavy atom. The predicted molar refractivity (Wildman–Crippen MR) is 125 cm³/mol. The number of thioether (sulfide) groups is 1. The third-order valence-corrected chi connectivity index (χ3v) is 8.04. The molecule has 0 aromatic carbocycles. The lowest BCUT2D eigenvalue weighted by atomic mass is 9.75. The minimum absolute atomic E-state index is 0.0802. The largest absolute Gasteiger partial charge is 0.481 e. The summed E-state index contributed by atoms with van der Waals surface area (Å²) in [6.07, 6.45) is 4.34. The molecule has 0 aromatic rings. The van der Waals surface area contributed by atoms with Gasteiger partial charge in [0.1, 0.15) is 6.10 Å². The van der Waals surface area contributed by atoms with Gasteiger partial charge in [-0.2, -0.15) is 11.8 Å². The summed E-state index contributed by atoms with van der Waals surface area (Å²) in [5, 5.41) is 14.8. The van der Waals surface area contributed by atoms with Crippen LogP contribution in [-0.2, 0) is 14.3 Å². The summed E-state index contributed by atoms with van der Waals surface area (Å²) < 4.78 is 10.9. The second-order valence-corrected chi connectivity index (χ2v) is 10.7. The minimum Gasteiger partial charge on any atom is -0.481 e. The van der Waals surface area contributed by atoms with Crippen LogP contribution in [0, 0.1) is 17.8 Å². The lowest BCUT2D eigenvalue weighted by molar-refractivity contribution is -0.137. The van der Waals surface area contributed by atoms with Crippen LogP contribution >= 0.6 is 11.8 Å². The number of amides is 2. The Bertz CT molecular complexity index is 632. The van der Waals surface area contributed by atoms with E-state index in [1.165, 1.54) is 6.42 Å². The van der Waals surface area contributed by atoms with Crippen LogP contribution in [0.25, 0.3) is 0 Å². The molecule has 9 heteroatoms. The highest BCUT2D eigenvalue weighted by Crippen LogP contribution is 2.36. The molecule has 2 fully saturated rings. The van der Waals surface area contributed by atoms with E-state index < -0.39 is 18.2 Å². The van der Waals surface area contributed by atoms with E-state index in [2.05, 4.69) is 31.4 Å². The van der Waals surface area contributed by atoms with Gasteiger partial charge in [0.2, 0.25) is 0 Å². The van der Waals surface area contributed by atoms with Crippen LogP contribution in [0.5, 0.6) is 0 Å². The van der Waals surface area contributed by atoms with Crippen molar-refractivity contribution in [3.8, 4) is 0 Å². The molecule has 1 heterocycles. The van der Waals surface area contributed by atoms with E-state index in [-0.39, 0.29) is 36.5 Å². The maximum absolute atomic E-state index is 12.8. The van der Waals surface area contributed by atoms with Crippen molar-refractivity contribution in [1.82, 2.24) is 10.6 Å². The Kier molecular flexibility index (Phi) is 10.9. The van der Waals surface area contributed by atoms with E-state index in [1.807, 2.05) is 0 Å². The number of aliphatic carboxylic acids is 1. The Hall–Kier alpha value is -1.64. The summed E-state index contributed by atoms with van der Waals surface area (Å²) in [6.45, 7) is 8.57. The summed E-state index contributed by atoms with van der Waals surface area (Å²) >= 11 is 1.68. The summed E-state index contributed by atoms with van der Waals surface area (Å²) in [5.74, 6) is 1.22. The molecule has 3 N–H and O–H groups in total. The van der Waals surface area contributed by atoms with Gasteiger partial charge in [-0.15, -0.1) is 0 Å². The average Bonchev–Trinajstić information content (AvgIpc) is 3.06. The zero-order valence-electron chi connectivity index (χ0n) is 19.8. The Labute approximate surface area is 195 Å². The molecule has 0 spiro atoms. The molecule has 1 aliphatic heterocycles. The SMILES string of the molecule is CCOC(=O)N[C@H]1C(NC(=O)OC2CC(C)CCC2C(C)C)CS[C@H]1CCCCC(=O)O. The second-order valence-electron chi connectivity index (χ2n) is 9.42. The van der Waals surface area contributed by atoms with Crippen LogP contribution < -0.4 is 10.6 Å². The number of alkyl carbamates (subject to hydrolysis) is 2. The Morgan fingerprint density at radius 3 is 2.53 bits per heavy atom. The fourth-order valence-corrected chi connectivity index (χ4v) is 6.33. The summed E-state index contributed by atoms with van der Waals surface area (Å²) in [4.78, 5) is 35.7. The first kappa shape index (κ1) is 26.6. The summed E-state index contributed by atoms with van der Waals surface area (Å²) in [6, 6.07) is -0.553. The first-order valence-corrected chi connectivity index (χ1v) is 13.0. The van der Waals surface area contributed by atoms with Crippen LogP contribution in [0.2, 0.25) is 0 Å². The number of hydrogen-bond donors (Lipinski definition) is 3. The topological polar surface area (TPSA) is 114 Å². The standard InChI is InChI=1S/C23H40N2O6S/c1-5-30-22(28)25-21-17(13-32-19(21)8-6-7-9-20(26)27)24-23(29)31-18-12-15(4)10-11-16(18)14(2)3/h14-19,21H,5-13H2,1-4H3,(H,24,29)(H,25,28)(H,26,27)/t15?,16?,17?,18?,19-,21-/m0/s1. The van der Waals surface area contributed by atoms with E-state index in [0.717, 1.165) is 25.7 Å².